The van der Waals surface area contributed by atoms with E-state index in [4.69, 9.17) is 11.6 Å². The molecule has 0 heterocycles. The minimum atomic E-state index is 0.489. The molecule has 1 aliphatic rings. The zero-order chi connectivity index (χ0) is 11.4. The maximum Gasteiger partial charge on any atom is 0.0406 e. The van der Waals surface area contributed by atoms with Gasteiger partial charge in [-0.05, 0) is 49.4 Å². The summed E-state index contributed by atoms with van der Waals surface area (Å²) >= 11 is 5.91. The van der Waals surface area contributed by atoms with Crippen LogP contribution in [0.1, 0.15) is 31.2 Å². The van der Waals surface area contributed by atoms with E-state index in [1.807, 2.05) is 12.1 Å². The molecule has 1 aromatic rings. The van der Waals surface area contributed by atoms with Crippen molar-refractivity contribution in [2.45, 2.75) is 32.1 Å². The van der Waals surface area contributed by atoms with Crippen LogP contribution < -0.4 is 5.32 Å². The molecule has 0 unspecified atom stereocenters. The number of hydrogen-bond acceptors (Lipinski definition) is 1. The van der Waals surface area contributed by atoms with Crippen molar-refractivity contribution in [3.63, 3.8) is 0 Å². The van der Waals surface area contributed by atoms with Crippen LogP contribution in [-0.4, -0.2) is 13.6 Å². The molecule has 2 heteroatoms. The third-order valence-corrected chi connectivity index (χ3v) is 3.96. The summed E-state index contributed by atoms with van der Waals surface area (Å²) in [5.74, 6) is 0. The summed E-state index contributed by atoms with van der Waals surface area (Å²) in [6, 6.07) is 8.33. The summed E-state index contributed by atoms with van der Waals surface area (Å²) in [7, 11) is 2.06. The van der Waals surface area contributed by atoms with Crippen molar-refractivity contribution in [2.24, 2.45) is 5.41 Å². The monoisotopic (exact) mass is 237 g/mol. The number of halogens is 1. The van der Waals surface area contributed by atoms with Gasteiger partial charge in [-0.15, -0.1) is 0 Å². The van der Waals surface area contributed by atoms with Gasteiger partial charge in [0.15, 0.2) is 0 Å². The quantitative estimate of drug-likeness (QED) is 0.843. The Morgan fingerprint density at radius 1 is 1.19 bits per heavy atom. The first kappa shape index (κ1) is 11.9. The summed E-state index contributed by atoms with van der Waals surface area (Å²) in [5.41, 5.74) is 1.91. The molecular weight excluding hydrogens is 218 g/mol. The van der Waals surface area contributed by atoms with E-state index in [9.17, 15) is 0 Å². The average Bonchev–Trinajstić information content (AvgIpc) is 2.71. The first-order chi connectivity index (χ1) is 7.74. The lowest BCUT2D eigenvalue weighted by Gasteiger charge is -2.29. The molecule has 0 atom stereocenters. The van der Waals surface area contributed by atoms with Crippen LogP contribution in [0.5, 0.6) is 0 Å². The molecule has 1 aromatic carbocycles. The zero-order valence-electron chi connectivity index (χ0n) is 9.93. The minimum absolute atomic E-state index is 0.489. The number of rotatable bonds is 4. The minimum Gasteiger partial charge on any atom is -0.319 e. The van der Waals surface area contributed by atoms with Gasteiger partial charge in [-0.3, -0.25) is 0 Å². The second-order valence-electron chi connectivity index (χ2n) is 5.04. The third kappa shape index (κ3) is 2.78. The molecular formula is C14H20ClN. The summed E-state index contributed by atoms with van der Waals surface area (Å²) in [6.45, 7) is 1.13. The van der Waals surface area contributed by atoms with Crippen LogP contribution in [0.25, 0.3) is 0 Å². The molecule has 1 saturated carbocycles. The van der Waals surface area contributed by atoms with Crippen molar-refractivity contribution in [1.82, 2.24) is 5.32 Å². The molecule has 1 fully saturated rings. The average molecular weight is 238 g/mol. The largest absolute Gasteiger partial charge is 0.319 e. The lowest BCUT2D eigenvalue weighted by molar-refractivity contribution is 0.286. The summed E-state index contributed by atoms with van der Waals surface area (Å²) < 4.78 is 0. The van der Waals surface area contributed by atoms with Crippen molar-refractivity contribution >= 4 is 11.6 Å². The van der Waals surface area contributed by atoms with Crippen molar-refractivity contribution in [3.8, 4) is 0 Å². The first-order valence-corrected chi connectivity index (χ1v) is 6.51. The zero-order valence-corrected chi connectivity index (χ0v) is 10.7. The van der Waals surface area contributed by atoms with Crippen LogP contribution in [0, 0.1) is 5.41 Å². The van der Waals surface area contributed by atoms with Gasteiger partial charge < -0.3 is 5.32 Å². The third-order valence-electron chi connectivity index (χ3n) is 3.71. The Bertz CT molecular complexity index is 325. The van der Waals surface area contributed by atoms with Crippen molar-refractivity contribution in [3.05, 3.63) is 34.9 Å². The van der Waals surface area contributed by atoms with Gasteiger partial charge in [0.05, 0.1) is 0 Å². The van der Waals surface area contributed by atoms with Crippen LogP contribution in [0.15, 0.2) is 24.3 Å². The molecule has 0 radical (unpaired) electrons. The topological polar surface area (TPSA) is 12.0 Å². The number of hydrogen-bond donors (Lipinski definition) is 1. The van der Waals surface area contributed by atoms with Crippen molar-refractivity contribution < 1.29 is 0 Å². The van der Waals surface area contributed by atoms with E-state index < -0.39 is 0 Å². The van der Waals surface area contributed by atoms with E-state index in [1.54, 1.807) is 0 Å². The van der Waals surface area contributed by atoms with Crippen LogP contribution in [0.3, 0.4) is 0 Å². The Hall–Kier alpha value is -0.530. The second kappa shape index (κ2) is 5.20. The molecule has 16 heavy (non-hydrogen) atoms. The Balaban J connectivity index is 2.08. The fraction of sp³-hybridized carbons (Fsp3) is 0.571. The SMILES string of the molecule is CNCC1(Cc2ccc(Cl)cc2)CCCC1. The van der Waals surface area contributed by atoms with E-state index in [2.05, 4.69) is 24.5 Å². The van der Waals surface area contributed by atoms with Gasteiger partial charge in [-0.25, -0.2) is 0 Å². The highest BCUT2D eigenvalue weighted by Gasteiger charge is 2.32. The first-order valence-electron chi connectivity index (χ1n) is 6.13. The number of nitrogens with one attached hydrogen (secondary N) is 1. The molecule has 1 nitrogen and oxygen atoms in total. The highest BCUT2D eigenvalue weighted by Crippen LogP contribution is 2.40. The van der Waals surface area contributed by atoms with Gasteiger partial charge in [-0.1, -0.05) is 36.6 Å². The molecule has 0 bridgehead atoms. The molecule has 1 aliphatic carbocycles. The predicted molar refractivity (Wildman–Crippen MR) is 70.0 cm³/mol. The standard InChI is InChI=1S/C14H20ClN/c1-16-11-14(8-2-3-9-14)10-12-4-6-13(15)7-5-12/h4-7,16H,2-3,8-11H2,1H3. The summed E-state index contributed by atoms with van der Waals surface area (Å²) in [6.07, 6.45) is 6.67. The molecule has 1 N–H and O–H groups in total. The Morgan fingerprint density at radius 3 is 2.38 bits per heavy atom. The Kier molecular flexibility index (Phi) is 3.88. The van der Waals surface area contributed by atoms with Gasteiger partial charge in [0.1, 0.15) is 0 Å². The Morgan fingerprint density at radius 2 is 1.81 bits per heavy atom. The van der Waals surface area contributed by atoms with Crippen molar-refractivity contribution in [2.75, 3.05) is 13.6 Å². The molecule has 0 saturated heterocycles. The van der Waals surface area contributed by atoms with Gasteiger partial charge in [0, 0.05) is 11.6 Å². The fourth-order valence-electron chi connectivity index (χ4n) is 2.95. The molecule has 0 spiro atoms. The maximum absolute atomic E-state index is 5.91. The maximum atomic E-state index is 5.91. The fourth-order valence-corrected chi connectivity index (χ4v) is 3.08. The van der Waals surface area contributed by atoms with E-state index in [1.165, 1.54) is 37.7 Å². The molecule has 2 rings (SSSR count). The second-order valence-corrected chi connectivity index (χ2v) is 5.48. The summed E-state index contributed by atoms with van der Waals surface area (Å²) in [4.78, 5) is 0. The van der Waals surface area contributed by atoms with Gasteiger partial charge >= 0.3 is 0 Å². The van der Waals surface area contributed by atoms with E-state index in [-0.39, 0.29) is 0 Å². The molecule has 0 aliphatic heterocycles. The van der Waals surface area contributed by atoms with E-state index >= 15 is 0 Å². The smallest absolute Gasteiger partial charge is 0.0406 e. The van der Waals surface area contributed by atoms with Gasteiger partial charge in [-0.2, -0.15) is 0 Å². The highest BCUT2D eigenvalue weighted by molar-refractivity contribution is 6.30. The number of benzene rings is 1. The van der Waals surface area contributed by atoms with Crippen LogP contribution >= 0.6 is 11.6 Å². The van der Waals surface area contributed by atoms with E-state index in [0.717, 1.165) is 11.6 Å². The van der Waals surface area contributed by atoms with Crippen LogP contribution in [-0.2, 0) is 6.42 Å². The lowest BCUT2D eigenvalue weighted by atomic mass is 9.80. The highest BCUT2D eigenvalue weighted by atomic mass is 35.5. The van der Waals surface area contributed by atoms with E-state index in [0.29, 0.717) is 5.41 Å². The predicted octanol–water partition coefficient (Wildman–Crippen LogP) is 3.66. The Labute approximate surface area is 103 Å². The van der Waals surface area contributed by atoms with Crippen LogP contribution in [0.4, 0.5) is 0 Å². The normalized spacial score (nSPS) is 18.9. The molecule has 0 amide bonds. The lowest BCUT2D eigenvalue weighted by Crippen LogP contribution is -2.32. The van der Waals surface area contributed by atoms with Gasteiger partial charge in [0.2, 0.25) is 0 Å². The van der Waals surface area contributed by atoms with Crippen molar-refractivity contribution in [1.29, 1.82) is 0 Å². The molecule has 0 aromatic heterocycles. The van der Waals surface area contributed by atoms with Gasteiger partial charge in [0.25, 0.3) is 0 Å². The van der Waals surface area contributed by atoms with Crippen LogP contribution in [0.2, 0.25) is 5.02 Å². The summed E-state index contributed by atoms with van der Waals surface area (Å²) in [5, 5.41) is 4.19. The molecule has 88 valence electrons.